The standard InChI is InChI=1S/C32H40N4O6/c1-21-19-32-26(25(31(21,2)42-32)28(38)34-23-11-7-4-8-12-23)30(40)36(24(20-37)22-9-5-3-6-10-22)27(32)29(39)33-13-14-35-15-17-41-18-16-35/h3-12,21,24-27,37H,13-20H2,1-2H3,(H,33,39)(H,34,38)/t21?,24-,25-,26+,27?,31+,32?/m1/s1. The van der Waals surface area contributed by atoms with Crippen molar-refractivity contribution in [2.45, 2.75) is 43.6 Å². The van der Waals surface area contributed by atoms with Crippen LogP contribution in [0.1, 0.15) is 31.9 Å². The summed E-state index contributed by atoms with van der Waals surface area (Å²) in [5, 5.41) is 16.7. The summed E-state index contributed by atoms with van der Waals surface area (Å²) < 4.78 is 12.3. The molecule has 4 fully saturated rings. The van der Waals surface area contributed by atoms with Crippen molar-refractivity contribution in [1.82, 2.24) is 15.1 Å². The smallest absolute Gasteiger partial charge is 0.245 e. The number of aliphatic hydroxyl groups is 1. The van der Waals surface area contributed by atoms with Crippen LogP contribution < -0.4 is 10.6 Å². The Kier molecular flexibility index (Phi) is 7.82. The molecule has 0 radical (unpaired) electrons. The summed E-state index contributed by atoms with van der Waals surface area (Å²) in [6.07, 6.45) is 0.458. The molecule has 4 heterocycles. The van der Waals surface area contributed by atoms with Crippen LogP contribution in [0.5, 0.6) is 0 Å². The van der Waals surface area contributed by atoms with Crippen LogP contribution in [0.2, 0.25) is 0 Å². The summed E-state index contributed by atoms with van der Waals surface area (Å²) in [5.74, 6) is -2.72. The molecule has 6 rings (SSSR count). The van der Waals surface area contributed by atoms with E-state index in [1.807, 2.05) is 62.4 Å². The van der Waals surface area contributed by atoms with Crippen molar-refractivity contribution < 1.29 is 29.0 Å². The van der Waals surface area contributed by atoms with Gasteiger partial charge in [0.1, 0.15) is 11.6 Å². The van der Waals surface area contributed by atoms with E-state index in [-0.39, 0.29) is 30.2 Å². The van der Waals surface area contributed by atoms with Crippen molar-refractivity contribution in [3.8, 4) is 0 Å². The number of amides is 3. The quantitative estimate of drug-likeness (QED) is 0.417. The van der Waals surface area contributed by atoms with E-state index < -0.39 is 35.1 Å². The van der Waals surface area contributed by atoms with Crippen molar-refractivity contribution in [3.63, 3.8) is 0 Å². The molecule has 4 saturated heterocycles. The molecule has 42 heavy (non-hydrogen) atoms. The van der Waals surface area contributed by atoms with Crippen LogP contribution in [0.4, 0.5) is 5.69 Å². The van der Waals surface area contributed by atoms with Crippen molar-refractivity contribution in [2.24, 2.45) is 17.8 Å². The Morgan fingerprint density at radius 1 is 1.05 bits per heavy atom. The first-order valence-electron chi connectivity index (χ1n) is 14.9. The summed E-state index contributed by atoms with van der Waals surface area (Å²) in [6.45, 7) is 7.53. The van der Waals surface area contributed by atoms with Crippen molar-refractivity contribution in [2.75, 3.05) is 51.3 Å². The molecule has 7 atom stereocenters. The van der Waals surface area contributed by atoms with E-state index in [2.05, 4.69) is 15.5 Å². The molecule has 3 N–H and O–H groups in total. The highest BCUT2D eigenvalue weighted by Gasteiger charge is 2.80. The highest BCUT2D eigenvalue weighted by Crippen LogP contribution is 2.66. The number of anilines is 1. The van der Waals surface area contributed by atoms with E-state index in [1.165, 1.54) is 4.90 Å². The summed E-state index contributed by atoms with van der Waals surface area (Å²) in [5.41, 5.74) is -0.781. The Labute approximate surface area is 246 Å². The number of rotatable bonds is 9. The minimum atomic E-state index is -1.20. The number of carbonyl (C=O) groups excluding carboxylic acids is 3. The average molecular weight is 577 g/mol. The number of morpholine rings is 1. The van der Waals surface area contributed by atoms with E-state index in [9.17, 15) is 19.5 Å². The molecule has 3 unspecified atom stereocenters. The highest BCUT2D eigenvalue weighted by atomic mass is 16.5. The van der Waals surface area contributed by atoms with Crippen LogP contribution in [-0.4, -0.2) is 95.9 Å². The summed E-state index contributed by atoms with van der Waals surface area (Å²) in [6, 6.07) is 16.6. The lowest BCUT2D eigenvalue weighted by molar-refractivity contribution is -0.150. The molecular formula is C32H40N4O6. The number of ether oxygens (including phenoxy) is 2. The predicted molar refractivity (Wildman–Crippen MR) is 155 cm³/mol. The number of hydrogen-bond donors (Lipinski definition) is 3. The number of para-hydroxylation sites is 1. The molecule has 0 aliphatic carbocycles. The van der Waals surface area contributed by atoms with Crippen LogP contribution in [0.25, 0.3) is 0 Å². The fourth-order valence-corrected chi connectivity index (χ4v) is 7.74. The molecule has 4 aliphatic rings. The van der Waals surface area contributed by atoms with Crippen LogP contribution in [-0.2, 0) is 23.9 Å². The molecule has 0 saturated carbocycles. The fourth-order valence-electron chi connectivity index (χ4n) is 7.74. The summed E-state index contributed by atoms with van der Waals surface area (Å²) in [7, 11) is 0. The lowest BCUT2D eigenvalue weighted by atomic mass is 9.62. The van der Waals surface area contributed by atoms with Gasteiger partial charge in [0, 0.05) is 31.9 Å². The topological polar surface area (TPSA) is 120 Å². The molecule has 10 heteroatoms. The third-order valence-corrected chi connectivity index (χ3v) is 9.85. The minimum absolute atomic E-state index is 0.0824. The predicted octanol–water partition coefficient (Wildman–Crippen LogP) is 1.82. The lowest BCUT2D eigenvalue weighted by Crippen LogP contribution is -2.57. The molecule has 0 aromatic heterocycles. The number of benzene rings is 2. The monoisotopic (exact) mass is 576 g/mol. The Bertz CT molecular complexity index is 1300. The van der Waals surface area contributed by atoms with Gasteiger partial charge in [0.05, 0.1) is 43.3 Å². The van der Waals surface area contributed by atoms with Gasteiger partial charge in [-0.1, -0.05) is 55.5 Å². The Balaban J connectivity index is 1.35. The maximum Gasteiger partial charge on any atom is 0.245 e. The second kappa shape index (κ2) is 11.4. The number of nitrogens with one attached hydrogen (secondary N) is 2. The summed E-state index contributed by atoms with van der Waals surface area (Å²) >= 11 is 0. The zero-order valence-corrected chi connectivity index (χ0v) is 24.2. The molecule has 1 spiro atoms. The molecule has 3 amide bonds. The van der Waals surface area contributed by atoms with Gasteiger partial charge in [-0.25, -0.2) is 0 Å². The molecule has 10 nitrogen and oxygen atoms in total. The van der Waals surface area contributed by atoms with Gasteiger partial charge in [-0.2, -0.15) is 0 Å². The van der Waals surface area contributed by atoms with Crippen LogP contribution >= 0.6 is 0 Å². The Morgan fingerprint density at radius 2 is 1.71 bits per heavy atom. The maximum atomic E-state index is 14.6. The second-order valence-electron chi connectivity index (χ2n) is 12.2. The SMILES string of the molecule is CC1CC23O[C@]1(C)[C@@H](C(=O)Nc1ccccc1)[C@H]2C(=O)N([C@H](CO)c1ccccc1)C3C(=O)NCCN1CCOCC1. The minimum Gasteiger partial charge on any atom is -0.394 e. The number of aliphatic hydroxyl groups excluding tert-OH is 1. The van der Waals surface area contributed by atoms with E-state index >= 15 is 0 Å². The molecular weight excluding hydrogens is 536 g/mol. The number of nitrogens with zero attached hydrogens (tertiary/aromatic N) is 2. The largest absolute Gasteiger partial charge is 0.394 e. The van der Waals surface area contributed by atoms with Crippen molar-refractivity contribution in [3.05, 3.63) is 66.2 Å². The first kappa shape index (κ1) is 28.8. The molecule has 2 aromatic carbocycles. The molecule has 2 aromatic rings. The molecule has 4 aliphatic heterocycles. The van der Waals surface area contributed by atoms with Gasteiger partial charge in [0.25, 0.3) is 0 Å². The normalized spacial score (nSPS) is 32.9. The van der Waals surface area contributed by atoms with Crippen LogP contribution in [0.3, 0.4) is 0 Å². The Morgan fingerprint density at radius 3 is 2.38 bits per heavy atom. The van der Waals surface area contributed by atoms with Gasteiger partial charge in [0.15, 0.2) is 0 Å². The second-order valence-corrected chi connectivity index (χ2v) is 12.2. The van der Waals surface area contributed by atoms with E-state index in [1.54, 1.807) is 12.1 Å². The molecule has 224 valence electrons. The lowest BCUT2D eigenvalue weighted by Gasteiger charge is -2.37. The van der Waals surface area contributed by atoms with E-state index in [4.69, 9.17) is 9.47 Å². The number of likely N-dealkylation sites (tertiary alicyclic amines) is 1. The van der Waals surface area contributed by atoms with Crippen LogP contribution in [0.15, 0.2) is 60.7 Å². The van der Waals surface area contributed by atoms with Crippen LogP contribution in [0, 0.1) is 17.8 Å². The number of carbonyl (C=O) groups is 3. The maximum absolute atomic E-state index is 14.6. The first-order chi connectivity index (χ1) is 20.3. The van der Waals surface area contributed by atoms with Gasteiger partial charge in [0.2, 0.25) is 17.7 Å². The zero-order valence-electron chi connectivity index (χ0n) is 24.2. The number of hydrogen-bond acceptors (Lipinski definition) is 7. The average Bonchev–Trinajstić information content (AvgIpc) is 3.52. The zero-order chi connectivity index (χ0) is 29.5. The fraction of sp³-hybridized carbons (Fsp3) is 0.531. The third kappa shape index (κ3) is 4.70. The first-order valence-corrected chi connectivity index (χ1v) is 14.9. The van der Waals surface area contributed by atoms with Crippen molar-refractivity contribution in [1.29, 1.82) is 0 Å². The molecule has 2 bridgehead atoms. The van der Waals surface area contributed by atoms with Gasteiger partial charge in [-0.05, 0) is 37.0 Å². The number of fused-ring (bicyclic) bond motifs is 1. The van der Waals surface area contributed by atoms with Gasteiger partial charge < -0.3 is 30.1 Å². The summed E-state index contributed by atoms with van der Waals surface area (Å²) in [4.78, 5) is 46.4. The van der Waals surface area contributed by atoms with Crippen molar-refractivity contribution >= 4 is 23.4 Å². The van der Waals surface area contributed by atoms with Gasteiger partial charge in [-0.3, -0.25) is 19.3 Å². The highest BCUT2D eigenvalue weighted by molar-refractivity contribution is 6.02. The van der Waals surface area contributed by atoms with E-state index in [0.29, 0.717) is 38.4 Å². The third-order valence-electron chi connectivity index (χ3n) is 9.85. The van der Waals surface area contributed by atoms with Gasteiger partial charge >= 0.3 is 0 Å². The van der Waals surface area contributed by atoms with E-state index in [0.717, 1.165) is 18.7 Å². The van der Waals surface area contributed by atoms with Gasteiger partial charge in [-0.15, -0.1) is 0 Å². The Hall–Kier alpha value is -3.31.